The molecule has 1 N–H and O–H groups in total. The van der Waals surface area contributed by atoms with Crippen LogP contribution in [0.2, 0.25) is 0 Å². The van der Waals surface area contributed by atoms with Crippen LogP contribution in [0.15, 0.2) is 41.7 Å². The standard InChI is InChI=1S/C20H20FN3OS2/c1-12(19(25)24-15-4-2-3-5-15)26-20-18-16(22-11-23-20)10-17(27-18)13-6-8-14(21)9-7-13/h6-12,15H,2-5H2,1H3,(H,24,25)/t12-/m1/s1. The summed E-state index contributed by atoms with van der Waals surface area (Å²) in [5, 5.41) is 3.74. The first kappa shape index (κ1) is 18.4. The van der Waals surface area contributed by atoms with Crippen LogP contribution < -0.4 is 5.32 Å². The van der Waals surface area contributed by atoms with Gasteiger partial charge in [-0.3, -0.25) is 4.79 Å². The van der Waals surface area contributed by atoms with E-state index in [-0.39, 0.29) is 17.0 Å². The van der Waals surface area contributed by atoms with Crippen molar-refractivity contribution in [3.8, 4) is 10.4 Å². The maximum Gasteiger partial charge on any atom is 0.233 e. The minimum absolute atomic E-state index is 0.0639. The van der Waals surface area contributed by atoms with Crippen molar-refractivity contribution < 1.29 is 9.18 Å². The maximum absolute atomic E-state index is 13.2. The molecule has 27 heavy (non-hydrogen) atoms. The van der Waals surface area contributed by atoms with Crippen molar-refractivity contribution in [1.29, 1.82) is 0 Å². The highest BCUT2D eigenvalue weighted by Crippen LogP contribution is 2.38. The number of hydrogen-bond acceptors (Lipinski definition) is 5. The zero-order valence-corrected chi connectivity index (χ0v) is 16.6. The van der Waals surface area contributed by atoms with E-state index in [1.54, 1.807) is 23.5 Å². The number of thiophene rings is 1. The van der Waals surface area contributed by atoms with Gasteiger partial charge in [0.15, 0.2) is 0 Å². The van der Waals surface area contributed by atoms with Crippen molar-refractivity contribution in [2.75, 3.05) is 0 Å². The predicted molar refractivity (Wildman–Crippen MR) is 109 cm³/mol. The number of thioether (sulfide) groups is 1. The minimum Gasteiger partial charge on any atom is -0.352 e. The number of carbonyl (C=O) groups excluding carboxylic acids is 1. The summed E-state index contributed by atoms with van der Waals surface area (Å²) < 4.78 is 14.1. The third kappa shape index (κ3) is 4.14. The van der Waals surface area contributed by atoms with Crippen molar-refractivity contribution in [2.45, 2.75) is 48.9 Å². The summed E-state index contributed by atoms with van der Waals surface area (Å²) in [5.74, 6) is -0.188. The fourth-order valence-corrected chi connectivity index (χ4v) is 5.38. The Labute approximate surface area is 165 Å². The number of carbonyl (C=O) groups is 1. The molecule has 1 atom stereocenters. The van der Waals surface area contributed by atoms with E-state index < -0.39 is 0 Å². The van der Waals surface area contributed by atoms with Gasteiger partial charge in [0.05, 0.1) is 15.5 Å². The highest BCUT2D eigenvalue weighted by atomic mass is 32.2. The van der Waals surface area contributed by atoms with Gasteiger partial charge in [0, 0.05) is 10.9 Å². The van der Waals surface area contributed by atoms with Crippen LogP contribution in [0.25, 0.3) is 20.7 Å². The topological polar surface area (TPSA) is 54.9 Å². The molecule has 0 aliphatic heterocycles. The van der Waals surface area contributed by atoms with E-state index in [1.807, 2.05) is 13.0 Å². The van der Waals surface area contributed by atoms with E-state index in [9.17, 15) is 9.18 Å². The van der Waals surface area contributed by atoms with Gasteiger partial charge in [-0.1, -0.05) is 36.7 Å². The lowest BCUT2D eigenvalue weighted by atomic mass is 10.2. The molecule has 0 unspecified atom stereocenters. The third-order valence-electron chi connectivity index (χ3n) is 4.77. The molecule has 1 aliphatic carbocycles. The highest BCUT2D eigenvalue weighted by Gasteiger charge is 2.22. The van der Waals surface area contributed by atoms with Crippen LogP contribution >= 0.6 is 23.1 Å². The molecule has 2 heterocycles. The van der Waals surface area contributed by atoms with E-state index in [4.69, 9.17) is 0 Å². The Morgan fingerprint density at radius 3 is 2.74 bits per heavy atom. The van der Waals surface area contributed by atoms with Crippen molar-refractivity contribution in [2.24, 2.45) is 0 Å². The Bertz CT molecular complexity index is 952. The molecule has 140 valence electrons. The second kappa shape index (κ2) is 7.94. The van der Waals surface area contributed by atoms with E-state index in [1.165, 1.54) is 43.1 Å². The van der Waals surface area contributed by atoms with Crippen molar-refractivity contribution in [3.05, 3.63) is 42.5 Å². The van der Waals surface area contributed by atoms with E-state index in [0.29, 0.717) is 6.04 Å². The minimum atomic E-state index is -0.252. The largest absolute Gasteiger partial charge is 0.352 e. The second-order valence-corrected chi connectivity index (χ2v) is 9.14. The number of nitrogens with one attached hydrogen (secondary N) is 1. The van der Waals surface area contributed by atoms with Gasteiger partial charge in [-0.05, 0) is 43.5 Å². The van der Waals surface area contributed by atoms with Crippen molar-refractivity contribution in [1.82, 2.24) is 15.3 Å². The zero-order valence-electron chi connectivity index (χ0n) is 14.9. The van der Waals surface area contributed by atoms with E-state index in [2.05, 4.69) is 15.3 Å². The van der Waals surface area contributed by atoms with Gasteiger partial charge < -0.3 is 5.32 Å². The van der Waals surface area contributed by atoms with Crippen LogP contribution in [0.4, 0.5) is 4.39 Å². The number of hydrogen-bond donors (Lipinski definition) is 1. The second-order valence-electron chi connectivity index (χ2n) is 6.76. The van der Waals surface area contributed by atoms with Crippen LogP contribution in [0, 0.1) is 5.82 Å². The fourth-order valence-electron chi connectivity index (χ4n) is 3.28. The third-order valence-corrected chi connectivity index (χ3v) is 7.18. The van der Waals surface area contributed by atoms with Crippen LogP contribution in [0.1, 0.15) is 32.6 Å². The molecular formula is C20H20FN3OS2. The van der Waals surface area contributed by atoms with Gasteiger partial charge in [-0.15, -0.1) is 11.3 Å². The molecule has 0 radical (unpaired) electrons. The molecule has 4 rings (SSSR count). The number of nitrogens with zero attached hydrogens (tertiary/aromatic N) is 2. The first-order chi connectivity index (χ1) is 13.1. The molecular weight excluding hydrogens is 381 g/mol. The molecule has 1 saturated carbocycles. The molecule has 0 spiro atoms. The molecule has 4 nitrogen and oxygen atoms in total. The van der Waals surface area contributed by atoms with Gasteiger partial charge in [-0.25, -0.2) is 14.4 Å². The number of benzene rings is 1. The first-order valence-electron chi connectivity index (χ1n) is 9.07. The molecule has 1 aromatic carbocycles. The molecule has 1 fully saturated rings. The van der Waals surface area contributed by atoms with Crippen LogP contribution in [0.3, 0.4) is 0 Å². The van der Waals surface area contributed by atoms with Crippen molar-refractivity contribution >= 4 is 39.2 Å². The van der Waals surface area contributed by atoms with Gasteiger partial charge in [0.2, 0.25) is 5.91 Å². The molecule has 7 heteroatoms. The summed E-state index contributed by atoms with van der Waals surface area (Å²) >= 11 is 3.03. The predicted octanol–water partition coefficient (Wildman–Crippen LogP) is 5.04. The number of aromatic nitrogens is 2. The summed E-state index contributed by atoms with van der Waals surface area (Å²) in [4.78, 5) is 22.3. The lowest BCUT2D eigenvalue weighted by Gasteiger charge is -2.16. The molecule has 3 aromatic rings. The summed E-state index contributed by atoms with van der Waals surface area (Å²) in [5.41, 5.74) is 1.79. The normalized spacial score (nSPS) is 15.9. The van der Waals surface area contributed by atoms with E-state index >= 15 is 0 Å². The summed E-state index contributed by atoms with van der Waals surface area (Å²) in [6.07, 6.45) is 6.08. The first-order valence-corrected chi connectivity index (χ1v) is 10.8. The van der Waals surface area contributed by atoms with Crippen molar-refractivity contribution in [3.63, 3.8) is 0 Å². The SMILES string of the molecule is C[C@@H](Sc1ncnc2cc(-c3ccc(F)cc3)sc12)C(=O)NC1CCCC1. The van der Waals surface area contributed by atoms with Gasteiger partial charge in [0.1, 0.15) is 17.2 Å². The molecule has 0 saturated heterocycles. The average Bonchev–Trinajstić information content (AvgIpc) is 3.32. The lowest BCUT2D eigenvalue weighted by Crippen LogP contribution is -2.37. The highest BCUT2D eigenvalue weighted by molar-refractivity contribution is 8.00. The lowest BCUT2D eigenvalue weighted by molar-refractivity contribution is -0.120. The Balaban J connectivity index is 1.54. The average molecular weight is 402 g/mol. The van der Waals surface area contributed by atoms with Gasteiger partial charge >= 0.3 is 0 Å². The maximum atomic E-state index is 13.2. The Morgan fingerprint density at radius 2 is 2.00 bits per heavy atom. The summed E-state index contributed by atoms with van der Waals surface area (Å²) in [6, 6.07) is 8.74. The Hall–Kier alpha value is -1.99. The van der Waals surface area contributed by atoms with Crippen LogP contribution in [-0.4, -0.2) is 27.2 Å². The fraction of sp³-hybridized carbons (Fsp3) is 0.350. The van der Waals surface area contributed by atoms with Crippen LogP contribution in [0.5, 0.6) is 0 Å². The Morgan fingerprint density at radius 1 is 1.26 bits per heavy atom. The van der Waals surface area contributed by atoms with E-state index in [0.717, 1.165) is 38.5 Å². The zero-order chi connectivity index (χ0) is 18.8. The monoisotopic (exact) mass is 401 g/mol. The number of amides is 1. The van der Waals surface area contributed by atoms with Gasteiger partial charge in [0.25, 0.3) is 0 Å². The smallest absolute Gasteiger partial charge is 0.233 e. The number of fused-ring (bicyclic) bond motifs is 1. The van der Waals surface area contributed by atoms with Crippen LogP contribution in [-0.2, 0) is 4.79 Å². The number of halogens is 1. The summed E-state index contributed by atoms with van der Waals surface area (Å²) in [6.45, 7) is 1.91. The number of rotatable bonds is 5. The quantitative estimate of drug-likeness (QED) is 0.481. The summed E-state index contributed by atoms with van der Waals surface area (Å²) in [7, 11) is 0. The Kier molecular flexibility index (Phi) is 5.41. The van der Waals surface area contributed by atoms with Gasteiger partial charge in [-0.2, -0.15) is 0 Å². The molecule has 1 amide bonds. The molecule has 1 aliphatic rings. The molecule has 0 bridgehead atoms. The molecule has 2 aromatic heterocycles.